The van der Waals surface area contributed by atoms with Gasteiger partial charge < -0.3 is 15.9 Å². The number of phenolic OH excluding ortho intramolecular Hbond substituents is 1. The van der Waals surface area contributed by atoms with Crippen LogP contribution < -0.4 is 5.73 Å². The third-order valence-corrected chi connectivity index (χ3v) is 2.43. The van der Waals surface area contributed by atoms with Gasteiger partial charge in [0.15, 0.2) is 0 Å². The van der Waals surface area contributed by atoms with Crippen LogP contribution in [0.15, 0.2) is 12.1 Å². The van der Waals surface area contributed by atoms with Crippen molar-refractivity contribution in [3.05, 3.63) is 27.7 Å². The zero-order valence-electron chi connectivity index (χ0n) is 7.98. The predicted octanol–water partition coefficient (Wildman–Crippen LogP) is 2.08. The molecule has 1 aromatic rings. The van der Waals surface area contributed by atoms with Crippen molar-refractivity contribution in [2.24, 2.45) is 5.73 Å². The minimum Gasteiger partial charge on any atom is -0.508 e. The standard InChI is InChI=1S/C9H9Cl2NO3.ClH/c10-4-1-6(11)5(8(13)2-4)3-7(12)9(14)15;/h1-2,7,13H,3,12H2,(H,14,15);1H/t7-;/m0./s1. The number of halogens is 3. The molecular weight excluding hydrogens is 276 g/mol. The molecular formula is C9H10Cl3NO3. The Morgan fingerprint density at radius 1 is 1.44 bits per heavy atom. The van der Waals surface area contributed by atoms with Gasteiger partial charge >= 0.3 is 5.97 Å². The average Bonchev–Trinajstić information content (AvgIpc) is 2.10. The highest BCUT2D eigenvalue weighted by Crippen LogP contribution is 2.30. The van der Waals surface area contributed by atoms with Crippen LogP contribution in [0.25, 0.3) is 0 Å². The molecule has 16 heavy (non-hydrogen) atoms. The van der Waals surface area contributed by atoms with Crippen molar-refractivity contribution in [2.75, 3.05) is 0 Å². The molecule has 1 rings (SSSR count). The van der Waals surface area contributed by atoms with E-state index in [2.05, 4.69) is 0 Å². The van der Waals surface area contributed by atoms with Gasteiger partial charge in [0, 0.05) is 22.0 Å². The summed E-state index contributed by atoms with van der Waals surface area (Å²) >= 11 is 11.4. The molecule has 7 heteroatoms. The van der Waals surface area contributed by atoms with Gasteiger partial charge in [0.2, 0.25) is 0 Å². The number of aromatic hydroxyl groups is 1. The fraction of sp³-hybridized carbons (Fsp3) is 0.222. The first-order chi connectivity index (χ1) is 6.91. The van der Waals surface area contributed by atoms with Gasteiger partial charge in [-0.2, -0.15) is 0 Å². The summed E-state index contributed by atoms with van der Waals surface area (Å²) in [6.45, 7) is 0. The van der Waals surface area contributed by atoms with Gasteiger partial charge in [0.05, 0.1) is 0 Å². The number of nitrogens with two attached hydrogens (primary N) is 1. The van der Waals surface area contributed by atoms with Gasteiger partial charge in [-0.3, -0.25) is 4.79 Å². The van der Waals surface area contributed by atoms with Crippen molar-refractivity contribution in [3.8, 4) is 5.75 Å². The monoisotopic (exact) mass is 285 g/mol. The molecule has 0 amide bonds. The molecule has 0 aromatic heterocycles. The van der Waals surface area contributed by atoms with Gasteiger partial charge in [-0.05, 0) is 12.1 Å². The molecule has 0 saturated heterocycles. The number of carboxylic acids is 1. The van der Waals surface area contributed by atoms with Crippen molar-refractivity contribution >= 4 is 41.6 Å². The second kappa shape index (κ2) is 6.15. The zero-order chi connectivity index (χ0) is 11.6. The van der Waals surface area contributed by atoms with E-state index in [1.807, 2.05) is 0 Å². The first-order valence-corrected chi connectivity index (χ1v) is 4.82. The van der Waals surface area contributed by atoms with Crippen molar-refractivity contribution in [3.63, 3.8) is 0 Å². The largest absolute Gasteiger partial charge is 0.508 e. The predicted molar refractivity (Wildman–Crippen MR) is 64.7 cm³/mol. The maximum atomic E-state index is 10.5. The van der Waals surface area contributed by atoms with E-state index in [9.17, 15) is 9.90 Å². The summed E-state index contributed by atoms with van der Waals surface area (Å²) in [6.07, 6.45) is -0.0445. The smallest absolute Gasteiger partial charge is 0.320 e. The summed E-state index contributed by atoms with van der Waals surface area (Å²) in [4.78, 5) is 10.5. The minimum absolute atomic E-state index is 0. The van der Waals surface area contributed by atoms with Gasteiger partial charge in [0.25, 0.3) is 0 Å². The van der Waals surface area contributed by atoms with E-state index in [4.69, 9.17) is 34.0 Å². The van der Waals surface area contributed by atoms with Crippen LogP contribution in [0.3, 0.4) is 0 Å². The lowest BCUT2D eigenvalue weighted by Crippen LogP contribution is -2.32. The lowest BCUT2D eigenvalue weighted by molar-refractivity contribution is -0.138. The van der Waals surface area contributed by atoms with Crippen LogP contribution in [-0.4, -0.2) is 22.2 Å². The SMILES string of the molecule is Cl.N[C@@H](Cc1c(O)cc(Cl)cc1Cl)C(=O)O. The molecule has 0 spiro atoms. The van der Waals surface area contributed by atoms with E-state index >= 15 is 0 Å². The highest BCUT2D eigenvalue weighted by molar-refractivity contribution is 6.35. The molecule has 4 nitrogen and oxygen atoms in total. The number of phenols is 1. The summed E-state index contributed by atoms with van der Waals surface area (Å²) in [6, 6.07) is 1.61. The summed E-state index contributed by atoms with van der Waals surface area (Å²) < 4.78 is 0. The minimum atomic E-state index is -1.15. The van der Waals surface area contributed by atoms with Crippen LogP contribution in [-0.2, 0) is 11.2 Å². The molecule has 0 unspecified atom stereocenters. The first kappa shape index (κ1) is 15.3. The summed E-state index contributed by atoms with van der Waals surface area (Å²) in [5.41, 5.74) is 5.61. The van der Waals surface area contributed by atoms with Crippen molar-refractivity contribution in [1.29, 1.82) is 0 Å². The topological polar surface area (TPSA) is 83.5 Å². The molecule has 1 aromatic carbocycles. The molecule has 0 fully saturated rings. The molecule has 90 valence electrons. The molecule has 4 N–H and O–H groups in total. The summed E-state index contributed by atoms with van der Waals surface area (Å²) in [7, 11) is 0. The number of hydrogen-bond acceptors (Lipinski definition) is 3. The van der Waals surface area contributed by atoms with Gasteiger partial charge in [-0.1, -0.05) is 23.2 Å². The maximum Gasteiger partial charge on any atom is 0.320 e. The van der Waals surface area contributed by atoms with Crippen molar-refractivity contribution < 1.29 is 15.0 Å². The molecule has 0 bridgehead atoms. The number of carboxylic acid groups (broad SMARTS) is 1. The molecule has 0 aliphatic carbocycles. The Labute approximate surface area is 108 Å². The van der Waals surface area contributed by atoms with Gasteiger partial charge in [-0.25, -0.2) is 0 Å². The number of aliphatic carboxylic acids is 1. The Balaban J connectivity index is 0.00000225. The molecule has 0 heterocycles. The number of rotatable bonds is 3. The zero-order valence-corrected chi connectivity index (χ0v) is 10.3. The lowest BCUT2D eigenvalue weighted by Gasteiger charge is -2.10. The third kappa shape index (κ3) is 3.72. The van der Waals surface area contributed by atoms with Gasteiger partial charge in [-0.15, -0.1) is 12.4 Å². The number of benzene rings is 1. The van der Waals surface area contributed by atoms with Crippen LogP contribution in [0.5, 0.6) is 5.75 Å². The number of hydrogen-bond donors (Lipinski definition) is 3. The van der Waals surface area contributed by atoms with E-state index in [-0.39, 0.29) is 40.2 Å². The second-order valence-corrected chi connectivity index (χ2v) is 3.88. The quantitative estimate of drug-likeness (QED) is 0.794. The molecule has 0 aliphatic heterocycles. The van der Waals surface area contributed by atoms with E-state index in [0.29, 0.717) is 0 Å². The number of carbonyl (C=O) groups is 1. The van der Waals surface area contributed by atoms with Crippen molar-refractivity contribution in [1.82, 2.24) is 0 Å². The molecule has 0 radical (unpaired) electrons. The Hall–Kier alpha value is -0.680. The normalized spacial score (nSPS) is 11.7. The van der Waals surface area contributed by atoms with E-state index in [1.54, 1.807) is 0 Å². The van der Waals surface area contributed by atoms with Crippen molar-refractivity contribution in [2.45, 2.75) is 12.5 Å². The Morgan fingerprint density at radius 3 is 2.44 bits per heavy atom. The van der Waals surface area contributed by atoms with E-state index < -0.39 is 12.0 Å². The second-order valence-electron chi connectivity index (χ2n) is 3.03. The van der Waals surface area contributed by atoms with Crippen LogP contribution in [0.2, 0.25) is 10.0 Å². The van der Waals surface area contributed by atoms with Crippen LogP contribution in [0.4, 0.5) is 0 Å². The highest BCUT2D eigenvalue weighted by atomic mass is 35.5. The van der Waals surface area contributed by atoms with Crippen LogP contribution in [0, 0.1) is 0 Å². The Morgan fingerprint density at radius 2 is 2.00 bits per heavy atom. The molecule has 0 saturated carbocycles. The van der Waals surface area contributed by atoms with Gasteiger partial charge in [0.1, 0.15) is 11.8 Å². The Bertz CT molecular complexity index is 375. The summed E-state index contributed by atoms with van der Waals surface area (Å²) in [5, 5.41) is 18.6. The van der Waals surface area contributed by atoms with E-state index in [0.717, 1.165) is 0 Å². The highest BCUT2D eigenvalue weighted by Gasteiger charge is 2.17. The first-order valence-electron chi connectivity index (χ1n) is 4.07. The van der Waals surface area contributed by atoms with E-state index in [1.165, 1.54) is 12.1 Å². The fourth-order valence-electron chi connectivity index (χ4n) is 1.10. The third-order valence-electron chi connectivity index (χ3n) is 1.88. The average molecular weight is 287 g/mol. The summed E-state index contributed by atoms with van der Waals surface area (Å²) in [5.74, 6) is -1.30. The maximum absolute atomic E-state index is 10.5. The Kier molecular flexibility index (Phi) is 5.89. The molecule has 0 aliphatic rings. The molecule has 1 atom stereocenters. The van der Waals surface area contributed by atoms with Crippen LogP contribution in [0.1, 0.15) is 5.56 Å². The lowest BCUT2D eigenvalue weighted by atomic mass is 10.1. The fourth-order valence-corrected chi connectivity index (χ4v) is 1.66. The van der Waals surface area contributed by atoms with Crippen LogP contribution >= 0.6 is 35.6 Å².